The molecule has 2 fully saturated rings. The summed E-state index contributed by atoms with van der Waals surface area (Å²) < 4.78 is 12.8. The van der Waals surface area contributed by atoms with Crippen LogP contribution < -0.4 is 10.6 Å². The number of hydrogen-bond acceptors (Lipinski definition) is 3. The van der Waals surface area contributed by atoms with Gasteiger partial charge >= 0.3 is 6.03 Å². The van der Waals surface area contributed by atoms with Gasteiger partial charge in [0.1, 0.15) is 5.82 Å². The highest BCUT2D eigenvalue weighted by molar-refractivity contribution is 5.89. The second kappa shape index (κ2) is 6.41. The number of nitrogens with zero attached hydrogens (tertiary/aromatic N) is 2. The van der Waals surface area contributed by atoms with Crippen molar-refractivity contribution in [1.82, 2.24) is 15.1 Å². The van der Waals surface area contributed by atoms with E-state index in [1.807, 2.05) is 4.90 Å². The molecule has 1 atom stereocenters. The van der Waals surface area contributed by atoms with Crippen molar-refractivity contribution in [2.45, 2.75) is 12.5 Å². The number of amides is 2. The summed E-state index contributed by atoms with van der Waals surface area (Å²) in [5.74, 6) is -0.298. The minimum atomic E-state index is -0.298. The van der Waals surface area contributed by atoms with Crippen LogP contribution in [0.3, 0.4) is 0 Å². The number of rotatable bonds is 2. The summed E-state index contributed by atoms with van der Waals surface area (Å²) in [4.78, 5) is 16.5. The van der Waals surface area contributed by atoms with Crippen LogP contribution in [-0.4, -0.2) is 61.1 Å². The van der Waals surface area contributed by atoms with Gasteiger partial charge < -0.3 is 15.5 Å². The highest BCUT2D eigenvalue weighted by atomic mass is 19.1. The van der Waals surface area contributed by atoms with Crippen molar-refractivity contribution in [1.29, 1.82) is 0 Å². The van der Waals surface area contributed by atoms with E-state index in [1.54, 1.807) is 12.1 Å². The number of likely N-dealkylation sites (tertiary alicyclic amines) is 1. The van der Waals surface area contributed by atoms with Crippen molar-refractivity contribution in [3.63, 3.8) is 0 Å². The van der Waals surface area contributed by atoms with E-state index in [-0.39, 0.29) is 11.8 Å². The average molecular weight is 292 g/mol. The highest BCUT2D eigenvalue weighted by Gasteiger charge is 2.30. The third-order valence-corrected chi connectivity index (χ3v) is 4.21. The van der Waals surface area contributed by atoms with E-state index >= 15 is 0 Å². The first kappa shape index (κ1) is 14.3. The zero-order chi connectivity index (χ0) is 14.7. The third-order valence-electron chi connectivity index (χ3n) is 4.21. The molecule has 1 aromatic carbocycles. The molecule has 3 rings (SSSR count). The smallest absolute Gasteiger partial charge is 0.321 e. The Balaban J connectivity index is 1.53. The molecule has 0 radical (unpaired) electrons. The van der Waals surface area contributed by atoms with E-state index in [4.69, 9.17) is 0 Å². The Kier molecular flexibility index (Phi) is 4.36. The van der Waals surface area contributed by atoms with Gasteiger partial charge in [-0.3, -0.25) is 4.90 Å². The van der Waals surface area contributed by atoms with Gasteiger partial charge in [-0.1, -0.05) is 0 Å². The molecule has 6 heteroatoms. The van der Waals surface area contributed by atoms with Crippen LogP contribution in [0, 0.1) is 5.82 Å². The lowest BCUT2D eigenvalue weighted by Crippen LogP contribution is -2.49. The normalized spacial score (nSPS) is 23.3. The number of carbonyl (C=O) groups excluding carboxylic acids is 1. The predicted molar refractivity (Wildman–Crippen MR) is 79.8 cm³/mol. The first-order valence-corrected chi connectivity index (χ1v) is 7.48. The molecule has 21 heavy (non-hydrogen) atoms. The number of hydrogen-bond donors (Lipinski definition) is 2. The molecular weight excluding hydrogens is 271 g/mol. The van der Waals surface area contributed by atoms with Gasteiger partial charge in [-0.05, 0) is 30.7 Å². The van der Waals surface area contributed by atoms with Gasteiger partial charge in [-0.2, -0.15) is 0 Å². The summed E-state index contributed by atoms with van der Waals surface area (Å²) in [7, 11) is 0. The van der Waals surface area contributed by atoms with Crippen LogP contribution in [0.4, 0.5) is 14.9 Å². The summed E-state index contributed by atoms with van der Waals surface area (Å²) in [6.07, 6.45) is 1.02. The maximum absolute atomic E-state index is 12.8. The third kappa shape index (κ3) is 3.51. The molecule has 0 spiro atoms. The van der Waals surface area contributed by atoms with Crippen LogP contribution in [0.5, 0.6) is 0 Å². The maximum atomic E-state index is 12.8. The Labute approximate surface area is 124 Å². The van der Waals surface area contributed by atoms with E-state index in [1.165, 1.54) is 12.1 Å². The van der Waals surface area contributed by atoms with Crippen LogP contribution >= 0.6 is 0 Å². The van der Waals surface area contributed by atoms with E-state index in [2.05, 4.69) is 15.5 Å². The minimum absolute atomic E-state index is 0.0979. The average Bonchev–Trinajstić information content (AvgIpc) is 3.00. The molecule has 2 aliphatic rings. The summed E-state index contributed by atoms with van der Waals surface area (Å²) in [5, 5.41) is 6.17. The Morgan fingerprint density at radius 3 is 2.62 bits per heavy atom. The number of benzene rings is 1. The summed E-state index contributed by atoms with van der Waals surface area (Å²) in [6, 6.07) is 6.23. The molecule has 1 aromatic rings. The van der Waals surface area contributed by atoms with Crippen LogP contribution in [0.25, 0.3) is 0 Å². The molecule has 2 heterocycles. The van der Waals surface area contributed by atoms with Crippen molar-refractivity contribution < 1.29 is 9.18 Å². The largest absolute Gasteiger partial charge is 0.323 e. The first-order valence-electron chi connectivity index (χ1n) is 7.48. The van der Waals surface area contributed by atoms with Crippen LogP contribution in [-0.2, 0) is 0 Å². The minimum Gasteiger partial charge on any atom is -0.323 e. The van der Waals surface area contributed by atoms with Crippen molar-refractivity contribution in [2.75, 3.05) is 44.6 Å². The second-order valence-corrected chi connectivity index (χ2v) is 5.61. The number of anilines is 1. The Hall–Kier alpha value is -1.66. The standard InChI is InChI=1S/C15H21FN4O/c16-12-1-3-13(4-2-12)18-15(21)20-8-5-14(11-20)19-9-6-17-7-10-19/h1-4,14,17H,5-11H2,(H,18,21). The topological polar surface area (TPSA) is 47.6 Å². The molecular formula is C15H21FN4O. The van der Waals surface area contributed by atoms with Gasteiger partial charge in [-0.15, -0.1) is 0 Å². The van der Waals surface area contributed by atoms with Gasteiger partial charge in [-0.25, -0.2) is 9.18 Å². The summed E-state index contributed by atoms with van der Waals surface area (Å²) in [5.41, 5.74) is 0.632. The zero-order valence-corrected chi connectivity index (χ0v) is 12.0. The van der Waals surface area contributed by atoms with Crippen molar-refractivity contribution >= 4 is 11.7 Å². The highest BCUT2D eigenvalue weighted by Crippen LogP contribution is 2.18. The van der Waals surface area contributed by atoms with Crippen molar-refractivity contribution in [2.24, 2.45) is 0 Å². The van der Waals surface area contributed by atoms with Crippen LogP contribution in [0.2, 0.25) is 0 Å². The molecule has 0 saturated carbocycles. The molecule has 2 aliphatic heterocycles. The molecule has 114 valence electrons. The Morgan fingerprint density at radius 1 is 1.19 bits per heavy atom. The fourth-order valence-corrected chi connectivity index (χ4v) is 3.01. The number of halogens is 1. The monoisotopic (exact) mass is 292 g/mol. The molecule has 5 nitrogen and oxygen atoms in total. The summed E-state index contributed by atoms with van der Waals surface area (Å²) in [6.45, 7) is 5.71. The maximum Gasteiger partial charge on any atom is 0.321 e. The van der Waals surface area contributed by atoms with Crippen molar-refractivity contribution in [3.8, 4) is 0 Å². The van der Waals surface area contributed by atoms with E-state index in [0.717, 1.165) is 45.7 Å². The lowest BCUT2D eigenvalue weighted by Gasteiger charge is -2.32. The van der Waals surface area contributed by atoms with Gasteiger partial charge in [0, 0.05) is 51.0 Å². The van der Waals surface area contributed by atoms with Crippen LogP contribution in [0.1, 0.15) is 6.42 Å². The lowest BCUT2D eigenvalue weighted by atomic mass is 10.2. The van der Waals surface area contributed by atoms with Crippen LogP contribution in [0.15, 0.2) is 24.3 Å². The number of carbonyl (C=O) groups is 1. The molecule has 0 aliphatic carbocycles. The molecule has 2 saturated heterocycles. The van der Waals surface area contributed by atoms with Gasteiger partial charge in [0.25, 0.3) is 0 Å². The molecule has 0 aromatic heterocycles. The number of nitrogens with one attached hydrogen (secondary N) is 2. The predicted octanol–water partition coefficient (Wildman–Crippen LogP) is 1.34. The van der Waals surface area contributed by atoms with E-state index < -0.39 is 0 Å². The SMILES string of the molecule is O=C(Nc1ccc(F)cc1)N1CCC(N2CCNCC2)C1. The quantitative estimate of drug-likeness (QED) is 0.865. The summed E-state index contributed by atoms with van der Waals surface area (Å²) >= 11 is 0. The zero-order valence-electron chi connectivity index (χ0n) is 12.0. The lowest BCUT2D eigenvalue weighted by molar-refractivity contribution is 0.172. The molecule has 1 unspecified atom stereocenters. The number of urea groups is 1. The number of piperazine rings is 1. The van der Waals surface area contributed by atoms with Gasteiger partial charge in [0.2, 0.25) is 0 Å². The first-order chi connectivity index (χ1) is 10.2. The van der Waals surface area contributed by atoms with Crippen molar-refractivity contribution in [3.05, 3.63) is 30.1 Å². The van der Waals surface area contributed by atoms with Gasteiger partial charge in [0.05, 0.1) is 0 Å². The van der Waals surface area contributed by atoms with E-state index in [0.29, 0.717) is 11.7 Å². The molecule has 2 amide bonds. The second-order valence-electron chi connectivity index (χ2n) is 5.61. The Bertz CT molecular complexity index is 487. The fraction of sp³-hybridized carbons (Fsp3) is 0.533. The van der Waals surface area contributed by atoms with E-state index in [9.17, 15) is 9.18 Å². The van der Waals surface area contributed by atoms with Gasteiger partial charge in [0.15, 0.2) is 0 Å². The molecule has 0 bridgehead atoms. The Morgan fingerprint density at radius 2 is 1.90 bits per heavy atom. The molecule has 2 N–H and O–H groups in total. The fourth-order valence-electron chi connectivity index (χ4n) is 3.01.